The highest BCUT2D eigenvalue weighted by Gasteiger charge is 2.21. The van der Waals surface area contributed by atoms with E-state index in [-0.39, 0.29) is 31.4 Å². The van der Waals surface area contributed by atoms with Gasteiger partial charge in [-0.15, -0.1) is 0 Å². The molecule has 4 aromatic rings. The summed E-state index contributed by atoms with van der Waals surface area (Å²) in [5.74, 6) is 0.731. The van der Waals surface area contributed by atoms with Crippen molar-refractivity contribution < 1.29 is 19.1 Å². The molecular formula is C29H32N6O4. The summed E-state index contributed by atoms with van der Waals surface area (Å²) in [6.45, 7) is 6.36. The molecule has 0 spiro atoms. The number of nitrogens with one attached hydrogen (secondary N) is 3. The third kappa shape index (κ3) is 6.72. The van der Waals surface area contributed by atoms with Crippen molar-refractivity contribution in [2.75, 3.05) is 23.4 Å². The minimum absolute atomic E-state index is 0.0202. The molecule has 202 valence electrons. The van der Waals surface area contributed by atoms with Crippen molar-refractivity contribution in [2.45, 2.75) is 33.7 Å². The number of carbonyl (C=O) groups is 2. The minimum atomic E-state index is -0.598. The van der Waals surface area contributed by atoms with Crippen LogP contribution in [0.4, 0.5) is 16.2 Å². The van der Waals surface area contributed by atoms with Gasteiger partial charge in [-0.3, -0.25) is 15.1 Å². The standard InChI is InChI=1S/C29H32N6O4/c1-4-38-26(36)14-15-35(22-7-5-6-18(2)16-22)29(37)39-24-13-12-23-27(19(24)3)34-25(33-23)17-32-21-10-8-20(9-11-21)28(30)31/h5-13,16,32H,4,14-15,17H2,1-3H3,(H3,30,31)(H,33,34). The van der Waals surface area contributed by atoms with Crippen molar-refractivity contribution in [3.8, 4) is 5.75 Å². The minimum Gasteiger partial charge on any atom is -0.466 e. The number of nitrogens with zero attached hydrogens (tertiary/aromatic N) is 2. The fourth-order valence-corrected chi connectivity index (χ4v) is 4.10. The van der Waals surface area contributed by atoms with Crippen LogP contribution in [-0.4, -0.2) is 41.0 Å². The van der Waals surface area contributed by atoms with E-state index in [9.17, 15) is 9.59 Å². The summed E-state index contributed by atoms with van der Waals surface area (Å²) >= 11 is 0. The molecule has 10 heteroatoms. The Morgan fingerprint density at radius 1 is 1.10 bits per heavy atom. The van der Waals surface area contributed by atoms with Crippen molar-refractivity contribution in [1.29, 1.82) is 5.41 Å². The Morgan fingerprint density at radius 3 is 2.56 bits per heavy atom. The summed E-state index contributed by atoms with van der Waals surface area (Å²) in [6.07, 6.45) is -0.555. The van der Waals surface area contributed by atoms with Gasteiger partial charge in [-0.05, 0) is 74.9 Å². The molecule has 0 atom stereocenters. The molecule has 0 aliphatic heterocycles. The van der Waals surface area contributed by atoms with E-state index in [4.69, 9.17) is 25.6 Å². The van der Waals surface area contributed by atoms with Crippen LogP contribution >= 0.6 is 0 Å². The fourth-order valence-electron chi connectivity index (χ4n) is 4.10. The number of H-pyrrole nitrogens is 1. The number of nitrogens with two attached hydrogens (primary N) is 1. The molecule has 0 fully saturated rings. The number of aromatic amines is 1. The van der Waals surface area contributed by atoms with E-state index in [2.05, 4.69) is 10.3 Å². The van der Waals surface area contributed by atoms with Crippen LogP contribution in [0.25, 0.3) is 11.0 Å². The first-order chi connectivity index (χ1) is 18.7. The van der Waals surface area contributed by atoms with Gasteiger partial charge >= 0.3 is 12.1 Å². The lowest BCUT2D eigenvalue weighted by atomic mass is 10.2. The van der Waals surface area contributed by atoms with Crippen LogP contribution < -0.4 is 20.7 Å². The Hall–Kier alpha value is -4.86. The Labute approximate surface area is 226 Å². The highest BCUT2D eigenvalue weighted by molar-refractivity contribution is 5.95. The maximum Gasteiger partial charge on any atom is 0.419 e. The smallest absolute Gasteiger partial charge is 0.419 e. The number of hydrogen-bond acceptors (Lipinski definition) is 7. The number of esters is 1. The molecule has 3 aromatic carbocycles. The molecule has 10 nitrogen and oxygen atoms in total. The number of aryl methyl sites for hydroxylation is 2. The number of ether oxygens (including phenoxy) is 2. The number of carbonyl (C=O) groups excluding carboxylic acids is 2. The number of rotatable bonds is 10. The molecule has 0 unspecified atom stereocenters. The molecule has 0 bridgehead atoms. The van der Waals surface area contributed by atoms with Crippen LogP contribution in [0, 0.1) is 19.3 Å². The average Bonchev–Trinajstić information content (AvgIpc) is 3.34. The number of nitrogen functional groups attached to an aromatic ring is 1. The molecule has 1 heterocycles. The van der Waals surface area contributed by atoms with Crippen molar-refractivity contribution in [2.24, 2.45) is 5.73 Å². The topological polar surface area (TPSA) is 146 Å². The lowest BCUT2D eigenvalue weighted by Gasteiger charge is -2.22. The predicted octanol–water partition coefficient (Wildman–Crippen LogP) is 5.03. The third-order valence-corrected chi connectivity index (χ3v) is 6.14. The lowest BCUT2D eigenvalue weighted by Crippen LogP contribution is -2.35. The third-order valence-electron chi connectivity index (χ3n) is 6.14. The monoisotopic (exact) mass is 528 g/mol. The van der Waals surface area contributed by atoms with E-state index in [1.807, 2.05) is 50.2 Å². The van der Waals surface area contributed by atoms with Gasteiger partial charge in [0.05, 0.1) is 30.6 Å². The second-order valence-corrected chi connectivity index (χ2v) is 9.03. The fraction of sp³-hybridized carbons (Fsp3) is 0.241. The zero-order valence-electron chi connectivity index (χ0n) is 22.2. The molecule has 0 aliphatic rings. The summed E-state index contributed by atoms with van der Waals surface area (Å²) in [4.78, 5) is 34.7. The second kappa shape index (κ2) is 12.1. The van der Waals surface area contributed by atoms with Crippen LogP contribution in [0.5, 0.6) is 5.75 Å². The first kappa shape index (κ1) is 27.2. The lowest BCUT2D eigenvalue weighted by molar-refractivity contribution is -0.142. The van der Waals surface area contributed by atoms with E-state index in [1.165, 1.54) is 4.90 Å². The number of hydrogen-bond donors (Lipinski definition) is 4. The Kier molecular flexibility index (Phi) is 8.45. The molecule has 1 aromatic heterocycles. The summed E-state index contributed by atoms with van der Waals surface area (Å²) in [5.41, 5.74) is 10.9. The zero-order valence-corrected chi connectivity index (χ0v) is 22.2. The van der Waals surface area contributed by atoms with Crippen molar-refractivity contribution in [1.82, 2.24) is 9.97 Å². The van der Waals surface area contributed by atoms with Crippen molar-refractivity contribution in [3.63, 3.8) is 0 Å². The van der Waals surface area contributed by atoms with Gasteiger partial charge in [0, 0.05) is 29.0 Å². The zero-order chi connectivity index (χ0) is 27.9. The van der Waals surface area contributed by atoms with Gasteiger partial charge in [0.2, 0.25) is 0 Å². The maximum absolute atomic E-state index is 13.3. The number of imidazole rings is 1. The van der Waals surface area contributed by atoms with E-state index < -0.39 is 6.09 Å². The summed E-state index contributed by atoms with van der Waals surface area (Å²) < 4.78 is 10.8. The molecule has 4 rings (SSSR count). The summed E-state index contributed by atoms with van der Waals surface area (Å²) in [5, 5.41) is 10.8. The van der Waals surface area contributed by atoms with Gasteiger partial charge in [-0.1, -0.05) is 12.1 Å². The number of amidine groups is 1. The van der Waals surface area contributed by atoms with Crippen LogP contribution in [0.3, 0.4) is 0 Å². The largest absolute Gasteiger partial charge is 0.466 e. The van der Waals surface area contributed by atoms with Crippen LogP contribution in [0.2, 0.25) is 0 Å². The van der Waals surface area contributed by atoms with E-state index in [1.54, 1.807) is 31.2 Å². The van der Waals surface area contributed by atoms with E-state index in [0.717, 1.165) is 16.8 Å². The summed E-state index contributed by atoms with van der Waals surface area (Å²) in [6, 6.07) is 18.3. The van der Waals surface area contributed by atoms with Gasteiger partial charge in [0.1, 0.15) is 17.4 Å². The Balaban J connectivity index is 1.50. The number of fused-ring (bicyclic) bond motifs is 1. The second-order valence-electron chi connectivity index (χ2n) is 9.03. The molecule has 0 saturated heterocycles. The molecule has 5 N–H and O–H groups in total. The van der Waals surface area contributed by atoms with Gasteiger partial charge in [0.25, 0.3) is 0 Å². The number of aromatic nitrogens is 2. The first-order valence-corrected chi connectivity index (χ1v) is 12.6. The van der Waals surface area contributed by atoms with E-state index in [0.29, 0.717) is 40.4 Å². The van der Waals surface area contributed by atoms with Crippen LogP contribution in [0.15, 0.2) is 60.7 Å². The van der Waals surface area contributed by atoms with Gasteiger partial charge in [-0.2, -0.15) is 0 Å². The highest BCUT2D eigenvalue weighted by Crippen LogP contribution is 2.28. The van der Waals surface area contributed by atoms with Crippen molar-refractivity contribution >= 4 is 40.3 Å². The molecule has 0 radical (unpaired) electrons. The van der Waals surface area contributed by atoms with E-state index >= 15 is 0 Å². The van der Waals surface area contributed by atoms with Gasteiger partial charge < -0.3 is 25.5 Å². The van der Waals surface area contributed by atoms with Gasteiger partial charge in [-0.25, -0.2) is 9.78 Å². The van der Waals surface area contributed by atoms with Crippen molar-refractivity contribution in [3.05, 3.63) is 83.2 Å². The molecule has 39 heavy (non-hydrogen) atoms. The molecular weight excluding hydrogens is 496 g/mol. The average molecular weight is 529 g/mol. The Bertz CT molecular complexity index is 1500. The Morgan fingerprint density at radius 2 is 1.87 bits per heavy atom. The highest BCUT2D eigenvalue weighted by atomic mass is 16.6. The van der Waals surface area contributed by atoms with Crippen LogP contribution in [0.1, 0.15) is 35.9 Å². The van der Waals surface area contributed by atoms with Gasteiger partial charge in [0.15, 0.2) is 0 Å². The number of anilines is 2. The molecule has 1 amide bonds. The maximum atomic E-state index is 13.3. The first-order valence-electron chi connectivity index (χ1n) is 12.6. The summed E-state index contributed by atoms with van der Waals surface area (Å²) in [7, 11) is 0. The normalized spacial score (nSPS) is 10.7. The molecule has 0 saturated carbocycles. The quantitative estimate of drug-likeness (QED) is 0.128. The van der Waals surface area contributed by atoms with Crippen LogP contribution in [-0.2, 0) is 16.1 Å². The predicted molar refractivity (Wildman–Crippen MR) is 151 cm³/mol. The number of amides is 1. The number of benzene rings is 3. The SMILES string of the molecule is CCOC(=O)CCN(C(=O)Oc1ccc2[nH]c(CNc3ccc(C(=N)N)cc3)nc2c1C)c1cccc(C)c1. The molecule has 0 aliphatic carbocycles.